The van der Waals surface area contributed by atoms with Crippen molar-refractivity contribution in [3.8, 4) is 0 Å². The second kappa shape index (κ2) is 5.09. The van der Waals surface area contributed by atoms with Gasteiger partial charge in [-0.1, -0.05) is 26.8 Å². The third-order valence-corrected chi connectivity index (χ3v) is 4.86. The summed E-state index contributed by atoms with van der Waals surface area (Å²) in [4.78, 5) is 13.1. The van der Waals surface area contributed by atoms with E-state index in [0.717, 1.165) is 5.56 Å². The zero-order chi connectivity index (χ0) is 16.0. The van der Waals surface area contributed by atoms with Gasteiger partial charge >= 0.3 is 5.97 Å². The summed E-state index contributed by atoms with van der Waals surface area (Å²) in [6, 6.07) is 4.48. The Balaban J connectivity index is 2.59. The average molecular weight is 293 g/mol. The van der Waals surface area contributed by atoms with E-state index in [1.54, 1.807) is 32.0 Å². The van der Waals surface area contributed by atoms with Crippen molar-refractivity contribution < 1.29 is 20.1 Å². The SMILES string of the molecule is CCN(C)[C@@H]1Cc2ccc(C(=O)O)cc2C(C)(C)C1(O)O. The average Bonchev–Trinajstić information content (AvgIpc) is 2.42. The summed E-state index contributed by atoms with van der Waals surface area (Å²) >= 11 is 0. The van der Waals surface area contributed by atoms with Crippen LogP contribution in [-0.2, 0) is 11.8 Å². The molecule has 0 aromatic heterocycles. The van der Waals surface area contributed by atoms with Gasteiger partial charge in [0.05, 0.1) is 11.6 Å². The Morgan fingerprint density at radius 3 is 2.52 bits per heavy atom. The number of hydrogen-bond donors (Lipinski definition) is 3. The molecule has 1 atom stereocenters. The van der Waals surface area contributed by atoms with Crippen molar-refractivity contribution >= 4 is 5.97 Å². The van der Waals surface area contributed by atoms with E-state index in [0.29, 0.717) is 18.5 Å². The van der Waals surface area contributed by atoms with E-state index in [9.17, 15) is 15.0 Å². The van der Waals surface area contributed by atoms with Crippen LogP contribution in [0, 0.1) is 0 Å². The first-order valence-electron chi connectivity index (χ1n) is 7.14. The molecule has 1 aromatic rings. The Bertz CT molecular complexity index is 565. The number of nitrogens with zero attached hydrogens (tertiary/aromatic N) is 1. The maximum Gasteiger partial charge on any atom is 0.335 e. The van der Waals surface area contributed by atoms with Crippen molar-refractivity contribution in [3.63, 3.8) is 0 Å². The Labute approximate surface area is 124 Å². The Hall–Kier alpha value is -1.43. The van der Waals surface area contributed by atoms with E-state index < -0.39 is 23.2 Å². The molecule has 3 N–H and O–H groups in total. The standard InChI is InChI=1S/C16H23NO4/c1-5-17(4)13-9-10-6-7-11(14(18)19)8-12(10)15(2,3)16(13,20)21/h6-8,13,20-21H,5,9H2,1-4H3,(H,18,19)/t13-/m1/s1. The maximum absolute atomic E-state index is 11.1. The van der Waals surface area contributed by atoms with Crippen molar-refractivity contribution in [1.82, 2.24) is 4.90 Å². The highest BCUT2D eigenvalue weighted by atomic mass is 16.5. The number of hydrogen-bond acceptors (Lipinski definition) is 4. The van der Waals surface area contributed by atoms with Crippen molar-refractivity contribution in [1.29, 1.82) is 0 Å². The van der Waals surface area contributed by atoms with Gasteiger partial charge in [0.1, 0.15) is 0 Å². The summed E-state index contributed by atoms with van der Waals surface area (Å²) < 4.78 is 0. The summed E-state index contributed by atoms with van der Waals surface area (Å²) in [5.74, 6) is -2.94. The number of fused-ring (bicyclic) bond motifs is 1. The molecule has 5 heteroatoms. The molecule has 21 heavy (non-hydrogen) atoms. The highest BCUT2D eigenvalue weighted by molar-refractivity contribution is 5.88. The number of carbonyl (C=O) groups is 1. The minimum absolute atomic E-state index is 0.167. The first kappa shape index (κ1) is 15.9. The van der Waals surface area contributed by atoms with Gasteiger partial charge in [-0.15, -0.1) is 0 Å². The van der Waals surface area contributed by atoms with Gasteiger partial charge in [-0.25, -0.2) is 4.79 Å². The van der Waals surface area contributed by atoms with Gasteiger partial charge in [0.25, 0.3) is 0 Å². The Morgan fingerprint density at radius 1 is 1.38 bits per heavy atom. The molecule has 1 aliphatic carbocycles. The molecule has 5 nitrogen and oxygen atoms in total. The molecular formula is C16H23NO4. The minimum Gasteiger partial charge on any atom is -0.478 e. The number of carboxylic acid groups (broad SMARTS) is 1. The van der Waals surface area contributed by atoms with Crippen molar-refractivity contribution in [2.45, 2.75) is 44.4 Å². The zero-order valence-corrected chi connectivity index (χ0v) is 12.9. The molecule has 0 fully saturated rings. The van der Waals surface area contributed by atoms with Gasteiger partial charge in [0, 0.05) is 5.41 Å². The predicted octanol–water partition coefficient (Wildman–Crippen LogP) is 1.22. The molecule has 2 rings (SSSR count). The predicted molar refractivity (Wildman–Crippen MR) is 79.4 cm³/mol. The van der Waals surface area contributed by atoms with Crippen molar-refractivity contribution in [2.24, 2.45) is 0 Å². The third-order valence-electron chi connectivity index (χ3n) is 4.86. The molecule has 0 saturated heterocycles. The summed E-state index contributed by atoms with van der Waals surface area (Å²) in [6.07, 6.45) is 0.482. The first-order chi connectivity index (χ1) is 9.62. The van der Waals surface area contributed by atoms with Crippen LogP contribution in [0.5, 0.6) is 0 Å². The van der Waals surface area contributed by atoms with Gasteiger partial charge in [-0.3, -0.25) is 4.90 Å². The first-order valence-corrected chi connectivity index (χ1v) is 7.14. The highest BCUT2D eigenvalue weighted by Gasteiger charge is 2.54. The number of likely N-dealkylation sites (N-methyl/N-ethyl adjacent to an activating group) is 1. The second-order valence-electron chi connectivity index (χ2n) is 6.32. The molecule has 0 aliphatic heterocycles. The Morgan fingerprint density at radius 2 is 2.00 bits per heavy atom. The van der Waals surface area contributed by atoms with Gasteiger partial charge in [0.15, 0.2) is 5.79 Å². The quantitative estimate of drug-likeness (QED) is 0.730. The number of rotatable bonds is 3. The molecule has 0 amide bonds. The molecule has 0 radical (unpaired) electrons. The van der Waals surface area contributed by atoms with Gasteiger partial charge in [-0.05, 0) is 43.3 Å². The van der Waals surface area contributed by atoms with E-state index >= 15 is 0 Å². The molecule has 1 aromatic carbocycles. The number of benzene rings is 1. The lowest BCUT2D eigenvalue weighted by Crippen LogP contribution is -2.64. The van der Waals surface area contributed by atoms with E-state index in [4.69, 9.17) is 5.11 Å². The minimum atomic E-state index is -1.93. The normalized spacial score (nSPS) is 22.9. The van der Waals surface area contributed by atoms with Crippen LogP contribution in [-0.4, -0.2) is 51.6 Å². The van der Waals surface area contributed by atoms with E-state index in [1.807, 2.05) is 18.9 Å². The molecule has 116 valence electrons. The topological polar surface area (TPSA) is 81.0 Å². The number of carboxylic acids is 1. The molecular weight excluding hydrogens is 270 g/mol. The lowest BCUT2D eigenvalue weighted by atomic mass is 9.65. The van der Waals surface area contributed by atoms with Crippen LogP contribution in [0.2, 0.25) is 0 Å². The fourth-order valence-corrected chi connectivity index (χ4v) is 3.12. The van der Waals surface area contributed by atoms with Crippen LogP contribution in [0.15, 0.2) is 18.2 Å². The second-order valence-corrected chi connectivity index (χ2v) is 6.32. The van der Waals surface area contributed by atoms with Gasteiger partial charge < -0.3 is 15.3 Å². The molecule has 0 unspecified atom stereocenters. The molecule has 1 aliphatic rings. The van der Waals surface area contributed by atoms with Crippen LogP contribution in [0.4, 0.5) is 0 Å². The largest absolute Gasteiger partial charge is 0.478 e. The monoisotopic (exact) mass is 293 g/mol. The zero-order valence-electron chi connectivity index (χ0n) is 12.9. The fourth-order valence-electron chi connectivity index (χ4n) is 3.12. The van der Waals surface area contributed by atoms with Crippen molar-refractivity contribution in [2.75, 3.05) is 13.6 Å². The van der Waals surface area contributed by atoms with Crippen LogP contribution < -0.4 is 0 Å². The van der Waals surface area contributed by atoms with E-state index in [1.165, 1.54) is 0 Å². The van der Waals surface area contributed by atoms with Gasteiger partial charge in [-0.2, -0.15) is 0 Å². The third kappa shape index (κ3) is 2.35. The Kier molecular flexibility index (Phi) is 3.86. The molecule has 0 heterocycles. The number of aromatic carboxylic acids is 1. The van der Waals surface area contributed by atoms with Crippen molar-refractivity contribution in [3.05, 3.63) is 34.9 Å². The van der Waals surface area contributed by atoms with Crippen LogP contribution in [0.1, 0.15) is 42.3 Å². The number of aliphatic hydroxyl groups is 2. The highest BCUT2D eigenvalue weighted by Crippen LogP contribution is 2.44. The summed E-state index contributed by atoms with van der Waals surface area (Å²) in [6.45, 7) is 6.15. The summed E-state index contributed by atoms with van der Waals surface area (Å²) in [5.41, 5.74) is 0.863. The fraction of sp³-hybridized carbons (Fsp3) is 0.562. The van der Waals surface area contributed by atoms with Crippen LogP contribution in [0.3, 0.4) is 0 Å². The summed E-state index contributed by atoms with van der Waals surface area (Å²) in [5, 5.41) is 30.5. The van der Waals surface area contributed by atoms with Crippen LogP contribution in [0.25, 0.3) is 0 Å². The maximum atomic E-state index is 11.1. The molecule has 0 spiro atoms. The smallest absolute Gasteiger partial charge is 0.335 e. The molecule has 0 bridgehead atoms. The van der Waals surface area contributed by atoms with E-state index in [2.05, 4.69) is 0 Å². The molecule has 0 saturated carbocycles. The lowest BCUT2D eigenvalue weighted by Gasteiger charge is -2.51. The summed E-state index contributed by atoms with van der Waals surface area (Å²) in [7, 11) is 1.86. The van der Waals surface area contributed by atoms with Crippen LogP contribution >= 0.6 is 0 Å². The lowest BCUT2D eigenvalue weighted by molar-refractivity contribution is -0.247. The van der Waals surface area contributed by atoms with Gasteiger partial charge in [0.2, 0.25) is 0 Å². The van der Waals surface area contributed by atoms with E-state index in [-0.39, 0.29) is 5.56 Å².